The van der Waals surface area contributed by atoms with Crippen molar-refractivity contribution < 1.29 is 14.7 Å². The number of rotatable bonds is 4. The zero-order valence-electron chi connectivity index (χ0n) is 11.7. The van der Waals surface area contributed by atoms with E-state index in [4.69, 9.17) is 0 Å². The molecule has 0 unspecified atom stereocenters. The van der Waals surface area contributed by atoms with Crippen LogP contribution in [0.15, 0.2) is 24.5 Å². The molecular formula is C15H20N2O3. The minimum Gasteiger partial charge on any atom is -0.481 e. The van der Waals surface area contributed by atoms with E-state index < -0.39 is 11.4 Å². The van der Waals surface area contributed by atoms with Crippen LogP contribution >= 0.6 is 0 Å². The molecule has 1 amide bonds. The normalized spacial score (nSPS) is 17.8. The molecule has 20 heavy (non-hydrogen) atoms. The van der Waals surface area contributed by atoms with Gasteiger partial charge in [0.15, 0.2) is 0 Å². The Morgan fingerprint density at radius 2 is 1.90 bits per heavy atom. The molecule has 0 saturated carbocycles. The summed E-state index contributed by atoms with van der Waals surface area (Å²) in [5.41, 5.74) is -0.0395. The van der Waals surface area contributed by atoms with Crippen LogP contribution in [0.5, 0.6) is 0 Å². The molecule has 2 heterocycles. The molecule has 0 aromatic carbocycles. The van der Waals surface area contributed by atoms with Crippen molar-refractivity contribution in [2.45, 2.75) is 32.6 Å². The van der Waals surface area contributed by atoms with Crippen LogP contribution in [0.25, 0.3) is 0 Å². The summed E-state index contributed by atoms with van der Waals surface area (Å²) in [6.45, 7) is 3.01. The summed E-state index contributed by atoms with van der Waals surface area (Å²) in [5, 5.41) is 9.45. The Kier molecular flexibility index (Phi) is 4.37. The highest BCUT2D eigenvalue weighted by Crippen LogP contribution is 2.36. The monoisotopic (exact) mass is 276 g/mol. The summed E-state index contributed by atoms with van der Waals surface area (Å²) in [4.78, 5) is 29.4. The second-order valence-electron chi connectivity index (χ2n) is 5.36. The number of likely N-dealkylation sites (tertiary alicyclic amines) is 1. The van der Waals surface area contributed by atoms with E-state index >= 15 is 0 Å². The molecule has 2 rings (SSSR count). The van der Waals surface area contributed by atoms with Gasteiger partial charge >= 0.3 is 5.97 Å². The number of carbonyl (C=O) groups is 2. The highest BCUT2D eigenvalue weighted by molar-refractivity contribution is 5.94. The summed E-state index contributed by atoms with van der Waals surface area (Å²) in [6.07, 6.45) is 5.79. The van der Waals surface area contributed by atoms with Crippen molar-refractivity contribution >= 4 is 11.9 Å². The fraction of sp³-hybridized carbons (Fsp3) is 0.533. The molecule has 0 radical (unpaired) electrons. The molecule has 1 aromatic rings. The maximum atomic E-state index is 12.3. The first kappa shape index (κ1) is 14.5. The Balaban J connectivity index is 2.04. The number of hydrogen-bond acceptors (Lipinski definition) is 3. The van der Waals surface area contributed by atoms with Crippen LogP contribution in [0.4, 0.5) is 0 Å². The highest BCUT2D eigenvalue weighted by atomic mass is 16.4. The van der Waals surface area contributed by atoms with E-state index in [1.807, 2.05) is 6.92 Å². The molecule has 1 N–H and O–H groups in total. The second-order valence-corrected chi connectivity index (χ2v) is 5.36. The summed E-state index contributed by atoms with van der Waals surface area (Å²) >= 11 is 0. The van der Waals surface area contributed by atoms with Crippen molar-refractivity contribution in [1.82, 2.24) is 9.88 Å². The van der Waals surface area contributed by atoms with Crippen molar-refractivity contribution in [3.8, 4) is 0 Å². The van der Waals surface area contributed by atoms with E-state index in [1.165, 1.54) is 0 Å². The maximum Gasteiger partial charge on any atom is 0.309 e. The molecule has 108 valence electrons. The topological polar surface area (TPSA) is 70.5 Å². The largest absolute Gasteiger partial charge is 0.481 e. The molecule has 0 bridgehead atoms. The smallest absolute Gasteiger partial charge is 0.309 e. The number of hydrogen-bond donors (Lipinski definition) is 1. The molecule has 1 aliphatic heterocycles. The third kappa shape index (κ3) is 2.81. The zero-order valence-corrected chi connectivity index (χ0v) is 11.7. The Morgan fingerprint density at radius 1 is 1.30 bits per heavy atom. The molecular weight excluding hydrogens is 256 g/mol. The second kappa shape index (κ2) is 6.03. The Morgan fingerprint density at radius 3 is 2.40 bits per heavy atom. The minimum absolute atomic E-state index is 0.0390. The first-order valence-electron chi connectivity index (χ1n) is 7.02. The SMILES string of the molecule is CCCC1(C(=O)O)CCN(C(=O)c2ccncc2)CC1. The molecule has 0 aliphatic carbocycles. The Labute approximate surface area is 118 Å². The molecule has 0 spiro atoms. The number of nitrogens with zero attached hydrogens (tertiary/aromatic N) is 2. The summed E-state index contributed by atoms with van der Waals surface area (Å²) in [6, 6.07) is 3.38. The first-order valence-corrected chi connectivity index (χ1v) is 7.02. The average molecular weight is 276 g/mol. The quantitative estimate of drug-likeness (QED) is 0.915. The van der Waals surface area contributed by atoms with Gasteiger partial charge in [-0.1, -0.05) is 13.3 Å². The molecule has 1 aliphatic rings. The van der Waals surface area contributed by atoms with E-state index in [0.717, 1.165) is 6.42 Å². The van der Waals surface area contributed by atoms with Gasteiger partial charge in [0.05, 0.1) is 5.41 Å². The van der Waals surface area contributed by atoms with Crippen molar-refractivity contribution in [2.24, 2.45) is 5.41 Å². The lowest BCUT2D eigenvalue weighted by atomic mass is 9.75. The van der Waals surface area contributed by atoms with E-state index in [9.17, 15) is 14.7 Å². The number of carboxylic acids is 1. The lowest BCUT2D eigenvalue weighted by molar-refractivity contribution is -0.152. The molecule has 5 nitrogen and oxygen atoms in total. The summed E-state index contributed by atoms with van der Waals surface area (Å²) in [5.74, 6) is -0.766. The first-order chi connectivity index (χ1) is 9.59. The highest BCUT2D eigenvalue weighted by Gasteiger charge is 2.41. The van der Waals surface area contributed by atoms with Crippen LogP contribution in [0, 0.1) is 5.41 Å². The molecule has 1 aromatic heterocycles. The van der Waals surface area contributed by atoms with Crippen LogP contribution in [-0.2, 0) is 4.79 Å². The van der Waals surface area contributed by atoms with E-state index in [1.54, 1.807) is 29.4 Å². The van der Waals surface area contributed by atoms with Gasteiger partial charge in [-0.15, -0.1) is 0 Å². The van der Waals surface area contributed by atoms with E-state index in [0.29, 0.717) is 37.9 Å². The zero-order chi connectivity index (χ0) is 14.6. The Bertz CT molecular complexity index is 479. The number of amides is 1. The van der Waals surface area contributed by atoms with Crippen molar-refractivity contribution in [3.05, 3.63) is 30.1 Å². The van der Waals surface area contributed by atoms with E-state index in [-0.39, 0.29) is 5.91 Å². The lowest BCUT2D eigenvalue weighted by Gasteiger charge is -2.38. The molecule has 1 saturated heterocycles. The Hall–Kier alpha value is -1.91. The van der Waals surface area contributed by atoms with Crippen LogP contribution in [0.2, 0.25) is 0 Å². The predicted octanol–water partition coefficient (Wildman–Crippen LogP) is 2.19. The standard InChI is InChI=1S/C15H20N2O3/c1-2-5-15(14(19)20)6-10-17(11-7-15)13(18)12-3-8-16-9-4-12/h3-4,8-9H,2,5-7,10-11H2,1H3,(H,19,20). The molecule has 1 fully saturated rings. The predicted molar refractivity (Wildman–Crippen MR) is 74.4 cm³/mol. The van der Waals surface area contributed by atoms with Crippen molar-refractivity contribution in [1.29, 1.82) is 0 Å². The lowest BCUT2D eigenvalue weighted by Crippen LogP contribution is -2.46. The summed E-state index contributed by atoms with van der Waals surface area (Å²) in [7, 11) is 0. The van der Waals surface area contributed by atoms with Gasteiger partial charge in [0.1, 0.15) is 0 Å². The number of pyridine rings is 1. The number of carbonyl (C=O) groups excluding carboxylic acids is 1. The van der Waals surface area contributed by atoms with Crippen LogP contribution < -0.4 is 0 Å². The van der Waals surface area contributed by atoms with Crippen molar-refractivity contribution in [3.63, 3.8) is 0 Å². The third-order valence-corrected chi connectivity index (χ3v) is 4.12. The third-order valence-electron chi connectivity index (χ3n) is 4.12. The maximum absolute atomic E-state index is 12.3. The van der Waals surface area contributed by atoms with Gasteiger partial charge in [-0.05, 0) is 31.4 Å². The average Bonchev–Trinajstić information content (AvgIpc) is 2.48. The number of piperidine rings is 1. The van der Waals surface area contributed by atoms with E-state index in [2.05, 4.69) is 4.98 Å². The van der Waals surface area contributed by atoms with Gasteiger partial charge in [0.2, 0.25) is 0 Å². The molecule has 5 heteroatoms. The van der Waals surface area contributed by atoms with Crippen LogP contribution in [0.1, 0.15) is 43.0 Å². The van der Waals surface area contributed by atoms with Gasteiger partial charge < -0.3 is 10.0 Å². The van der Waals surface area contributed by atoms with Gasteiger partial charge in [0.25, 0.3) is 5.91 Å². The van der Waals surface area contributed by atoms with Gasteiger partial charge in [-0.25, -0.2) is 0 Å². The number of aliphatic carboxylic acids is 1. The molecule has 0 atom stereocenters. The number of carboxylic acid groups (broad SMARTS) is 1. The van der Waals surface area contributed by atoms with Gasteiger partial charge in [-0.2, -0.15) is 0 Å². The summed E-state index contributed by atoms with van der Waals surface area (Å²) < 4.78 is 0. The van der Waals surface area contributed by atoms with Crippen LogP contribution in [-0.4, -0.2) is 40.0 Å². The van der Waals surface area contributed by atoms with Gasteiger partial charge in [0, 0.05) is 31.0 Å². The number of aromatic nitrogens is 1. The fourth-order valence-corrected chi connectivity index (χ4v) is 2.86. The minimum atomic E-state index is -0.727. The van der Waals surface area contributed by atoms with Gasteiger partial charge in [-0.3, -0.25) is 14.6 Å². The van der Waals surface area contributed by atoms with Crippen LogP contribution in [0.3, 0.4) is 0 Å². The fourth-order valence-electron chi connectivity index (χ4n) is 2.86. The van der Waals surface area contributed by atoms with Crippen molar-refractivity contribution in [2.75, 3.05) is 13.1 Å².